The van der Waals surface area contributed by atoms with Gasteiger partial charge in [-0.2, -0.15) is 0 Å². The Morgan fingerprint density at radius 3 is 2.57 bits per heavy atom. The first-order chi connectivity index (χ1) is 14.5. The second-order valence-corrected chi connectivity index (χ2v) is 6.59. The van der Waals surface area contributed by atoms with Gasteiger partial charge < -0.3 is 14.8 Å². The number of carbonyl (C=O) groups excluding carboxylic acids is 1. The predicted molar refractivity (Wildman–Crippen MR) is 111 cm³/mol. The molecule has 0 saturated carbocycles. The van der Waals surface area contributed by atoms with E-state index in [1.54, 1.807) is 38.5 Å². The lowest BCUT2D eigenvalue weighted by atomic mass is 10.2. The minimum absolute atomic E-state index is 0.154. The number of hydrogen-bond acceptors (Lipinski definition) is 7. The average Bonchev–Trinajstić information content (AvgIpc) is 2.78. The summed E-state index contributed by atoms with van der Waals surface area (Å²) in [5.41, 5.74) is -0.326. The van der Waals surface area contributed by atoms with Gasteiger partial charge in [0.15, 0.2) is 11.5 Å². The number of benzene rings is 1. The number of aromatic nitrogens is 4. The van der Waals surface area contributed by atoms with Crippen molar-refractivity contribution >= 4 is 16.9 Å². The molecule has 0 radical (unpaired) electrons. The fraction of sp³-hybridized carbons (Fsp3) is 0.350. The normalized spacial score (nSPS) is 10.9. The molecule has 158 valence electrons. The number of fused-ring (bicyclic) bond motifs is 1. The van der Waals surface area contributed by atoms with Crippen LogP contribution in [0.2, 0.25) is 0 Å². The van der Waals surface area contributed by atoms with Crippen molar-refractivity contribution in [1.82, 2.24) is 24.4 Å². The van der Waals surface area contributed by atoms with Gasteiger partial charge in [-0.25, -0.2) is 14.8 Å². The maximum absolute atomic E-state index is 12.8. The fourth-order valence-corrected chi connectivity index (χ4v) is 2.95. The number of aryl methyl sites for hydroxylation is 1. The first-order valence-electron chi connectivity index (χ1n) is 9.33. The van der Waals surface area contributed by atoms with E-state index in [1.807, 2.05) is 0 Å². The molecule has 1 amide bonds. The van der Waals surface area contributed by atoms with Crippen molar-refractivity contribution in [3.05, 3.63) is 51.3 Å². The van der Waals surface area contributed by atoms with Gasteiger partial charge >= 0.3 is 5.69 Å². The molecule has 0 atom stereocenters. The Kier molecular flexibility index (Phi) is 6.58. The zero-order chi connectivity index (χ0) is 21.7. The number of amides is 1. The first kappa shape index (κ1) is 21.2. The quantitative estimate of drug-likeness (QED) is 0.529. The molecule has 0 bridgehead atoms. The Hall–Kier alpha value is -3.53. The summed E-state index contributed by atoms with van der Waals surface area (Å²) in [6, 6.07) is 7.11. The van der Waals surface area contributed by atoms with E-state index < -0.39 is 17.2 Å². The van der Waals surface area contributed by atoms with Crippen LogP contribution in [0.4, 0.5) is 0 Å². The van der Waals surface area contributed by atoms with Gasteiger partial charge in [0.25, 0.3) is 5.56 Å². The molecular weight excluding hydrogens is 390 g/mol. The Morgan fingerprint density at radius 1 is 1.17 bits per heavy atom. The highest BCUT2D eigenvalue weighted by Crippen LogP contribution is 2.19. The van der Waals surface area contributed by atoms with Crippen molar-refractivity contribution in [2.75, 3.05) is 27.4 Å². The van der Waals surface area contributed by atoms with Crippen LogP contribution in [0.5, 0.6) is 5.75 Å². The number of carbonyl (C=O) groups is 1. The van der Waals surface area contributed by atoms with Crippen LogP contribution in [-0.4, -0.2) is 52.4 Å². The molecule has 0 aliphatic carbocycles. The molecule has 2 heterocycles. The number of nitrogens with zero attached hydrogens (tertiary/aromatic N) is 4. The number of nitrogens with one attached hydrogen (secondary N) is 1. The van der Waals surface area contributed by atoms with Crippen LogP contribution in [0.15, 0.2) is 40.1 Å². The SMILES string of the molecule is COCCCNC(=O)Cn1c(=O)c2cnc(-c3ccc(OC)cc3)nc2n(C)c1=O. The van der Waals surface area contributed by atoms with E-state index in [9.17, 15) is 14.4 Å². The van der Waals surface area contributed by atoms with Crippen LogP contribution in [0.3, 0.4) is 0 Å². The van der Waals surface area contributed by atoms with Crippen molar-refractivity contribution in [3.8, 4) is 17.1 Å². The van der Waals surface area contributed by atoms with Gasteiger partial charge in [0, 0.05) is 39.1 Å². The van der Waals surface area contributed by atoms with Gasteiger partial charge in [-0.05, 0) is 30.7 Å². The molecule has 3 rings (SSSR count). The summed E-state index contributed by atoms with van der Waals surface area (Å²) < 4.78 is 12.2. The third kappa shape index (κ3) is 4.38. The molecule has 0 unspecified atom stereocenters. The molecular formula is C20H23N5O5. The van der Waals surface area contributed by atoms with E-state index in [0.717, 1.165) is 4.57 Å². The highest BCUT2D eigenvalue weighted by molar-refractivity contribution is 5.78. The van der Waals surface area contributed by atoms with Crippen LogP contribution in [0.25, 0.3) is 22.4 Å². The Bertz CT molecular complexity index is 1170. The lowest BCUT2D eigenvalue weighted by Gasteiger charge is -2.11. The summed E-state index contributed by atoms with van der Waals surface area (Å²) in [4.78, 5) is 46.3. The molecule has 3 aromatic rings. The van der Waals surface area contributed by atoms with Gasteiger partial charge in [0.1, 0.15) is 17.7 Å². The molecule has 1 N–H and O–H groups in total. The van der Waals surface area contributed by atoms with Crippen LogP contribution in [-0.2, 0) is 23.1 Å². The topological polar surface area (TPSA) is 117 Å². The molecule has 30 heavy (non-hydrogen) atoms. The summed E-state index contributed by atoms with van der Waals surface area (Å²) in [5, 5.41) is 2.81. The standard InChI is InChI=1S/C20H23N5O5/c1-24-18-15(11-22-17(23-18)13-5-7-14(30-3)8-6-13)19(27)25(20(24)28)12-16(26)21-9-4-10-29-2/h5-8,11H,4,9-10,12H2,1-3H3,(H,21,26). The highest BCUT2D eigenvalue weighted by atomic mass is 16.5. The van der Waals surface area contributed by atoms with Gasteiger partial charge in [0.05, 0.1) is 7.11 Å². The lowest BCUT2D eigenvalue weighted by molar-refractivity contribution is -0.121. The summed E-state index contributed by atoms with van der Waals surface area (Å²) in [5.74, 6) is 0.629. The average molecular weight is 413 g/mol. The second-order valence-electron chi connectivity index (χ2n) is 6.59. The maximum Gasteiger partial charge on any atom is 0.332 e. The number of methoxy groups -OCH3 is 2. The Balaban J connectivity index is 1.94. The largest absolute Gasteiger partial charge is 0.497 e. The molecule has 0 aliphatic heterocycles. The third-order valence-electron chi connectivity index (χ3n) is 4.58. The predicted octanol–water partition coefficient (Wildman–Crippen LogP) is 0.318. The smallest absolute Gasteiger partial charge is 0.332 e. The van der Waals surface area contributed by atoms with Gasteiger partial charge in [-0.3, -0.25) is 18.7 Å². The van der Waals surface area contributed by atoms with Crippen LogP contribution >= 0.6 is 0 Å². The lowest BCUT2D eigenvalue weighted by Crippen LogP contribution is -2.43. The first-order valence-corrected chi connectivity index (χ1v) is 9.33. The van der Waals surface area contributed by atoms with Gasteiger partial charge in [-0.1, -0.05) is 0 Å². The van der Waals surface area contributed by atoms with Crippen LogP contribution in [0.1, 0.15) is 6.42 Å². The van der Waals surface area contributed by atoms with Crippen molar-refractivity contribution in [2.45, 2.75) is 13.0 Å². The van der Waals surface area contributed by atoms with Crippen molar-refractivity contribution in [3.63, 3.8) is 0 Å². The monoisotopic (exact) mass is 413 g/mol. The van der Waals surface area contributed by atoms with Gasteiger partial charge in [0.2, 0.25) is 5.91 Å². The zero-order valence-electron chi connectivity index (χ0n) is 17.0. The molecule has 0 aliphatic rings. The summed E-state index contributed by atoms with van der Waals surface area (Å²) in [7, 11) is 4.65. The minimum atomic E-state index is -0.626. The van der Waals surface area contributed by atoms with Crippen molar-refractivity contribution in [1.29, 1.82) is 0 Å². The number of ether oxygens (including phenoxy) is 2. The molecule has 0 spiro atoms. The second kappa shape index (κ2) is 9.31. The van der Waals surface area contributed by atoms with Crippen molar-refractivity contribution in [2.24, 2.45) is 7.05 Å². The van der Waals surface area contributed by atoms with E-state index >= 15 is 0 Å². The minimum Gasteiger partial charge on any atom is -0.497 e. The van der Waals surface area contributed by atoms with E-state index in [2.05, 4.69) is 15.3 Å². The van der Waals surface area contributed by atoms with Crippen LogP contribution < -0.4 is 21.3 Å². The van der Waals surface area contributed by atoms with E-state index in [0.29, 0.717) is 36.7 Å². The summed E-state index contributed by atoms with van der Waals surface area (Å²) in [6.45, 7) is 0.518. The van der Waals surface area contributed by atoms with Crippen LogP contribution in [0, 0.1) is 0 Å². The Morgan fingerprint density at radius 2 is 1.90 bits per heavy atom. The zero-order valence-corrected chi connectivity index (χ0v) is 17.0. The molecule has 1 aromatic carbocycles. The number of hydrogen-bond donors (Lipinski definition) is 1. The molecule has 10 heteroatoms. The summed E-state index contributed by atoms with van der Waals surface area (Å²) in [6.07, 6.45) is 2.01. The van der Waals surface area contributed by atoms with Gasteiger partial charge in [-0.15, -0.1) is 0 Å². The third-order valence-corrected chi connectivity index (χ3v) is 4.58. The fourth-order valence-electron chi connectivity index (χ4n) is 2.95. The summed E-state index contributed by atoms with van der Waals surface area (Å²) >= 11 is 0. The van der Waals surface area contributed by atoms with E-state index in [-0.39, 0.29) is 17.6 Å². The molecule has 10 nitrogen and oxygen atoms in total. The molecule has 0 saturated heterocycles. The molecule has 2 aromatic heterocycles. The number of rotatable bonds is 8. The highest BCUT2D eigenvalue weighted by Gasteiger charge is 2.16. The van der Waals surface area contributed by atoms with Crippen molar-refractivity contribution < 1.29 is 14.3 Å². The van der Waals surface area contributed by atoms with E-state index in [4.69, 9.17) is 9.47 Å². The maximum atomic E-state index is 12.8. The molecule has 0 fully saturated rings. The Labute approximate surface area is 172 Å². The van der Waals surface area contributed by atoms with E-state index in [1.165, 1.54) is 17.8 Å².